The van der Waals surface area contributed by atoms with Gasteiger partial charge in [-0.2, -0.15) is 0 Å². The lowest BCUT2D eigenvalue weighted by atomic mass is 10.2. The molecule has 0 aliphatic rings. The standard InChI is InChI=1S/C22H51N3OSi/c1-7-22(8-2)26-27-21-15-20-25(18-13-16-23(9-3)10-4)19-14-17-24(11-5)12-6/h22H,7-21,27H2,1-6H3. The van der Waals surface area contributed by atoms with E-state index in [2.05, 4.69) is 56.2 Å². The first-order valence-corrected chi connectivity index (χ1v) is 13.5. The Bertz CT molecular complexity index is 277. The highest BCUT2D eigenvalue weighted by Crippen LogP contribution is 2.05. The van der Waals surface area contributed by atoms with Crippen molar-refractivity contribution in [2.45, 2.75) is 85.8 Å². The number of nitrogens with zero attached hydrogens (tertiary/aromatic N) is 3. The average Bonchev–Trinajstić information content (AvgIpc) is 2.70. The minimum Gasteiger partial charge on any atom is -0.421 e. The van der Waals surface area contributed by atoms with E-state index < -0.39 is 0 Å². The van der Waals surface area contributed by atoms with Crippen molar-refractivity contribution < 1.29 is 4.43 Å². The molecule has 0 unspecified atom stereocenters. The van der Waals surface area contributed by atoms with Gasteiger partial charge in [0.1, 0.15) is 0 Å². The van der Waals surface area contributed by atoms with Gasteiger partial charge in [0.25, 0.3) is 0 Å². The van der Waals surface area contributed by atoms with Gasteiger partial charge >= 0.3 is 0 Å². The summed E-state index contributed by atoms with van der Waals surface area (Å²) in [4.78, 5) is 7.81. The largest absolute Gasteiger partial charge is 0.421 e. The first-order valence-electron chi connectivity index (χ1n) is 11.9. The Hall–Kier alpha value is 0.0569. The molecule has 0 N–H and O–H groups in total. The quantitative estimate of drug-likeness (QED) is 0.228. The highest BCUT2D eigenvalue weighted by Gasteiger charge is 2.08. The van der Waals surface area contributed by atoms with Crippen LogP contribution in [-0.4, -0.2) is 89.5 Å². The fraction of sp³-hybridized carbons (Fsp3) is 1.00. The predicted octanol–water partition coefficient (Wildman–Crippen LogP) is 3.85. The maximum atomic E-state index is 6.11. The maximum absolute atomic E-state index is 6.11. The van der Waals surface area contributed by atoms with E-state index in [0.717, 1.165) is 0 Å². The molecule has 0 heterocycles. The van der Waals surface area contributed by atoms with Crippen molar-refractivity contribution in [1.82, 2.24) is 14.7 Å². The van der Waals surface area contributed by atoms with Gasteiger partial charge in [0.05, 0.1) is 0 Å². The summed E-state index contributed by atoms with van der Waals surface area (Å²) in [7, 11) is -0.323. The zero-order chi connectivity index (χ0) is 20.3. The van der Waals surface area contributed by atoms with E-state index in [1.165, 1.54) is 97.1 Å². The molecule has 0 fully saturated rings. The van der Waals surface area contributed by atoms with Gasteiger partial charge in [0.15, 0.2) is 9.76 Å². The molecule has 0 amide bonds. The second-order valence-corrected chi connectivity index (χ2v) is 9.07. The van der Waals surface area contributed by atoms with Gasteiger partial charge in [-0.15, -0.1) is 0 Å². The minimum atomic E-state index is -0.323. The zero-order valence-electron chi connectivity index (χ0n) is 19.6. The van der Waals surface area contributed by atoms with Crippen LogP contribution in [0.4, 0.5) is 0 Å². The summed E-state index contributed by atoms with van der Waals surface area (Å²) in [6.45, 7) is 24.6. The Morgan fingerprint density at radius 3 is 1.41 bits per heavy atom. The van der Waals surface area contributed by atoms with Crippen molar-refractivity contribution in [3.05, 3.63) is 0 Å². The Labute approximate surface area is 173 Å². The third-order valence-corrected chi connectivity index (χ3v) is 7.31. The van der Waals surface area contributed by atoms with E-state index in [1.807, 2.05) is 0 Å². The Kier molecular flexibility index (Phi) is 19.4. The second kappa shape index (κ2) is 19.4. The molecule has 0 rings (SSSR count). The van der Waals surface area contributed by atoms with Gasteiger partial charge in [-0.3, -0.25) is 0 Å². The lowest BCUT2D eigenvalue weighted by Gasteiger charge is -2.26. The van der Waals surface area contributed by atoms with Crippen molar-refractivity contribution in [3.63, 3.8) is 0 Å². The van der Waals surface area contributed by atoms with E-state index in [1.54, 1.807) is 0 Å². The van der Waals surface area contributed by atoms with Crippen LogP contribution in [0.5, 0.6) is 0 Å². The van der Waals surface area contributed by atoms with Crippen LogP contribution in [-0.2, 0) is 4.43 Å². The molecule has 0 aliphatic heterocycles. The number of hydrogen-bond donors (Lipinski definition) is 0. The molecule has 0 spiro atoms. The Balaban J connectivity index is 4.17. The fourth-order valence-electron chi connectivity index (χ4n) is 3.66. The van der Waals surface area contributed by atoms with Gasteiger partial charge in [-0.05, 0) is 97.1 Å². The molecule has 5 heteroatoms. The van der Waals surface area contributed by atoms with Gasteiger partial charge in [-0.1, -0.05) is 41.5 Å². The average molecular weight is 402 g/mol. The second-order valence-electron chi connectivity index (χ2n) is 7.62. The molecule has 27 heavy (non-hydrogen) atoms. The van der Waals surface area contributed by atoms with Crippen molar-refractivity contribution in [2.75, 3.05) is 58.9 Å². The highest BCUT2D eigenvalue weighted by atomic mass is 28.2. The lowest BCUT2D eigenvalue weighted by molar-refractivity contribution is 0.199. The molecule has 0 atom stereocenters. The smallest absolute Gasteiger partial charge is 0.162 e. The number of hydrogen-bond acceptors (Lipinski definition) is 4. The summed E-state index contributed by atoms with van der Waals surface area (Å²) < 4.78 is 6.11. The Morgan fingerprint density at radius 1 is 0.593 bits per heavy atom. The topological polar surface area (TPSA) is 19.0 Å². The SMILES string of the molecule is CCC(CC)O[SiH2]CCCN(CCCN(CC)CC)CCCN(CC)CC. The van der Waals surface area contributed by atoms with Crippen molar-refractivity contribution in [2.24, 2.45) is 0 Å². The first kappa shape index (κ1) is 27.1. The van der Waals surface area contributed by atoms with Crippen LogP contribution in [0, 0.1) is 0 Å². The summed E-state index contributed by atoms with van der Waals surface area (Å²) in [5.41, 5.74) is 0. The van der Waals surface area contributed by atoms with Crippen LogP contribution in [0.15, 0.2) is 0 Å². The third-order valence-electron chi connectivity index (χ3n) is 5.82. The van der Waals surface area contributed by atoms with Crippen LogP contribution in [0.25, 0.3) is 0 Å². The van der Waals surface area contributed by atoms with E-state index >= 15 is 0 Å². The van der Waals surface area contributed by atoms with E-state index in [0.29, 0.717) is 6.10 Å². The van der Waals surface area contributed by atoms with Crippen LogP contribution in [0.3, 0.4) is 0 Å². The van der Waals surface area contributed by atoms with E-state index in [-0.39, 0.29) is 9.76 Å². The van der Waals surface area contributed by atoms with E-state index in [4.69, 9.17) is 4.43 Å². The molecule has 0 radical (unpaired) electrons. The Morgan fingerprint density at radius 2 is 1.00 bits per heavy atom. The summed E-state index contributed by atoms with van der Waals surface area (Å²) in [6, 6.07) is 1.33. The van der Waals surface area contributed by atoms with E-state index in [9.17, 15) is 0 Å². The lowest BCUT2D eigenvalue weighted by Crippen LogP contribution is -2.33. The maximum Gasteiger partial charge on any atom is 0.162 e. The highest BCUT2D eigenvalue weighted by molar-refractivity contribution is 6.27. The first-order chi connectivity index (χ1) is 13.1. The van der Waals surface area contributed by atoms with Crippen molar-refractivity contribution in [3.8, 4) is 0 Å². The van der Waals surface area contributed by atoms with Crippen LogP contribution in [0.2, 0.25) is 6.04 Å². The summed E-state index contributed by atoms with van der Waals surface area (Å²) in [5, 5.41) is 0. The molecule has 164 valence electrons. The fourth-order valence-corrected chi connectivity index (χ4v) is 5.06. The summed E-state index contributed by atoms with van der Waals surface area (Å²) in [5.74, 6) is 0. The molecular weight excluding hydrogens is 350 g/mol. The van der Waals surface area contributed by atoms with Crippen molar-refractivity contribution >= 4 is 9.76 Å². The molecule has 0 saturated carbocycles. The molecule has 0 aromatic carbocycles. The summed E-state index contributed by atoms with van der Waals surface area (Å²) >= 11 is 0. The molecule has 0 aliphatic carbocycles. The van der Waals surface area contributed by atoms with Crippen LogP contribution < -0.4 is 0 Å². The van der Waals surface area contributed by atoms with Gasteiger partial charge < -0.3 is 19.1 Å². The molecule has 0 saturated heterocycles. The van der Waals surface area contributed by atoms with Gasteiger partial charge in [0, 0.05) is 6.10 Å². The molecule has 0 bridgehead atoms. The minimum absolute atomic E-state index is 0.323. The summed E-state index contributed by atoms with van der Waals surface area (Å²) in [6.07, 6.45) is 6.79. The van der Waals surface area contributed by atoms with Crippen LogP contribution >= 0.6 is 0 Å². The van der Waals surface area contributed by atoms with Crippen molar-refractivity contribution in [1.29, 1.82) is 0 Å². The molecular formula is C22H51N3OSi. The third kappa shape index (κ3) is 14.7. The molecule has 4 nitrogen and oxygen atoms in total. The zero-order valence-corrected chi connectivity index (χ0v) is 21.1. The normalized spacial score (nSPS) is 12.7. The molecule has 0 aromatic heterocycles. The number of rotatable bonds is 20. The monoisotopic (exact) mass is 401 g/mol. The van der Waals surface area contributed by atoms with Gasteiger partial charge in [0.2, 0.25) is 0 Å². The van der Waals surface area contributed by atoms with Gasteiger partial charge in [-0.25, -0.2) is 0 Å². The molecule has 0 aromatic rings. The van der Waals surface area contributed by atoms with Crippen LogP contribution in [0.1, 0.15) is 73.6 Å². The predicted molar refractivity (Wildman–Crippen MR) is 125 cm³/mol.